The fourth-order valence-electron chi connectivity index (χ4n) is 3.73. The number of nitro groups is 1. The van der Waals surface area contributed by atoms with Crippen molar-refractivity contribution in [1.82, 2.24) is 4.57 Å². The molecule has 0 unspecified atom stereocenters. The standard InChI is InChI=1S/C21H12N4O6S2/c1-8-13(9(2)26)14-15(24(8)10-3-5-11(6-4-10)25(30)31)17(28)19-18(16(14)27)32-21(33-19)12(7-22)20(23)29/h3-6H,1-2H3,(H2,23,29)/b21-12-. The van der Waals surface area contributed by atoms with Crippen molar-refractivity contribution in [3.8, 4) is 11.8 Å². The van der Waals surface area contributed by atoms with Gasteiger partial charge in [0.15, 0.2) is 5.78 Å². The van der Waals surface area contributed by atoms with Gasteiger partial charge in [0.25, 0.3) is 11.6 Å². The molecule has 0 atom stereocenters. The van der Waals surface area contributed by atoms with Crippen molar-refractivity contribution >= 4 is 52.5 Å². The average molecular weight is 480 g/mol. The monoisotopic (exact) mass is 480 g/mol. The Morgan fingerprint density at radius 2 is 1.70 bits per heavy atom. The lowest BCUT2D eigenvalue weighted by Gasteiger charge is -2.15. The molecule has 0 bridgehead atoms. The number of non-ortho nitro benzene ring substituents is 1. The van der Waals surface area contributed by atoms with Gasteiger partial charge in [0.2, 0.25) is 11.6 Å². The first-order valence-corrected chi connectivity index (χ1v) is 10.9. The lowest BCUT2D eigenvalue weighted by atomic mass is 9.95. The molecule has 4 rings (SSSR count). The van der Waals surface area contributed by atoms with Crippen LogP contribution in [0.5, 0.6) is 0 Å². The molecule has 1 amide bonds. The first kappa shape index (κ1) is 22.3. The van der Waals surface area contributed by atoms with E-state index in [0.717, 1.165) is 23.5 Å². The van der Waals surface area contributed by atoms with Crippen LogP contribution in [0.2, 0.25) is 0 Å². The predicted molar refractivity (Wildman–Crippen MR) is 120 cm³/mol. The molecule has 1 aromatic heterocycles. The number of hydrogen-bond acceptors (Lipinski definition) is 9. The molecule has 0 fully saturated rings. The fourth-order valence-corrected chi connectivity index (χ4v) is 6.27. The predicted octanol–water partition coefficient (Wildman–Crippen LogP) is 3.19. The minimum atomic E-state index is -0.986. The smallest absolute Gasteiger partial charge is 0.269 e. The summed E-state index contributed by atoms with van der Waals surface area (Å²) in [5, 5.41) is 20.2. The summed E-state index contributed by atoms with van der Waals surface area (Å²) < 4.78 is 1.54. The zero-order valence-corrected chi connectivity index (χ0v) is 18.6. The van der Waals surface area contributed by atoms with Crippen LogP contribution in [0.25, 0.3) is 5.69 Å². The molecule has 0 spiro atoms. The highest BCUT2D eigenvalue weighted by Crippen LogP contribution is 2.55. The number of allylic oxidation sites excluding steroid dienone is 2. The van der Waals surface area contributed by atoms with Gasteiger partial charge in [-0.3, -0.25) is 29.3 Å². The van der Waals surface area contributed by atoms with Gasteiger partial charge in [-0.1, -0.05) is 23.5 Å². The highest BCUT2D eigenvalue weighted by atomic mass is 32.2. The second-order valence-electron chi connectivity index (χ2n) is 7.01. The maximum absolute atomic E-state index is 13.5. The van der Waals surface area contributed by atoms with Gasteiger partial charge in [-0.2, -0.15) is 5.26 Å². The zero-order valence-electron chi connectivity index (χ0n) is 17.0. The number of Topliss-reactive ketones (excluding diaryl/α,β-unsaturated/α-hetero) is 3. The van der Waals surface area contributed by atoms with Gasteiger partial charge < -0.3 is 10.3 Å². The number of thioether (sulfide) groups is 2. The topological polar surface area (TPSA) is 166 Å². The van der Waals surface area contributed by atoms with Gasteiger partial charge in [0, 0.05) is 23.5 Å². The third kappa shape index (κ3) is 3.29. The van der Waals surface area contributed by atoms with Crippen molar-refractivity contribution in [2.45, 2.75) is 13.8 Å². The molecule has 1 aromatic carbocycles. The van der Waals surface area contributed by atoms with E-state index in [9.17, 15) is 34.6 Å². The Labute approximate surface area is 194 Å². The number of benzene rings is 1. The van der Waals surface area contributed by atoms with E-state index < -0.39 is 28.2 Å². The van der Waals surface area contributed by atoms with Crippen LogP contribution < -0.4 is 5.73 Å². The first-order valence-electron chi connectivity index (χ1n) is 9.23. The summed E-state index contributed by atoms with van der Waals surface area (Å²) in [6.45, 7) is 2.85. The molecule has 0 saturated carbocycles. The maximum atomic E-state index is 13.5. The summed E-state index contributed by atoms with van der Waals surface area (Å²) in [5.74, 6) is -2.57. The van der Waals surface area contributed by atoms with Crippen molar-refractivity contribution in [1.29, 1.82) is 5.26 Å². The second-order valence-corrected chi connectivity index (χ2v) is 9.31. The van der Waals surface area contributed by atoms with Gasteiger partial charge in [0.1, 0.15) is 17.3 Å². The molecule has 10 nitrogen and oxygen atoms in total. The molecule has 1 aliphatic heterocycles. The van der Waals surface area contributed by atoms with Crippen LogP contribution >= 0.6 is 23.5 Å². The molecule has 2 heterocycles. The number of carbonyl (C=O) groups is 4. The van der Waals surface area contributed by atoms with Crippen LogP contribution in [-0.4, -0.2) is 32.7 Å². The van der Waals surface area contributed by atoms with E-state index in [1.54, 1.807) is 13.0 Å². The molecule has 2 aromatic rings. The van der Waals surface area contributed by atoms with Crippen LogP contribution in [0.1, 0.15) is 43.8 Å². The van der Waals surface area contributed by atoms with Crippen LogP contribution in [0.4, 0.5) is 5.69 Å². The lowest BCUT2D eigenvalue weighted by molar-refractivity contribution is -0.384. The molecule has 164 valence electrons. The molecule has 0 saturated heterocycles. The average Bonchev–Trinajstić information content (AvgIpc) is 3.32. The highest BCUT2D eigenvalue weighted by molar-refractivity contribution is 8.29. The molecule has 33 heavy (non-hydrogen) atoms. The number of fused-ring (bicyclic) bond motifs is 1. The highest BCUT2D eigenvalue weighted by Gasteiger charge is 2.44. The molecule has 1 aliphatic carbocycles. The van der Waals surface area contributed by atoms with Crippen LogP contribution in [0.15, 0.2) is 43.9 Å². The Hall–Kier alpha value is -3.95. The molecule has 12 heteroatoms. The van der Waals surface area contributed by atoms with Crippen LogP contribution in [-0.2, 0) is 4.79 Å². The number of amides is 1. The quantitative estimate of drug-likeness (QED) is 0.227. The Morgan fingerprint density at radius 3 is 2.18 bits per heavy atom. The minimum Gasteiger partial charge on any atom is -0.365 e. The van der Waals surface area contributed by atoms with E-state index in [2.05, 4.69) is 0 Å². The summed E-state index contributed by atoms with van der Waals surface area (Å²) in [5.41, 5.74) is 5.33. The molecular formula is C21H12N4O6S2. The van der Waals surface area contributed by atoms with E-state index in [-0.39, 0.29) is 42.1 Å². The largest absolute Gasteiger partial charge is 0.365 e. The molecule has 2 aliphatic rings. The number of primary amides is 1. The Kier molecular flexibility index (Phi) is 5.31. The Morgan fingerprint density at radius 1 is 1.12 bits per heavy atom. The van der Waals surface area contributed by atoms with Crippen molar-refractivity contribution in [2.24, 2.45) is 5.73 Å². The maximum Gasteiger partial charge on any atom is 0.269 e. The van der Waals surface area contributed by atoms with Gasteiger partial charge >= 0.3 is 0 Å². The van der Waals surface area contributed by atoms with E-state index >= 15 is 0 Å². The van der Waals surface area contributed by atoms with E-state index in [1.807, 2.05) is 0 Å². The number of nitrogens with zero attached hydrogens (tertiary/aromatic N) is 3. The lowest BCUT2D eigenvalue weighted by Crippen LogP contribution is -2.21. The summed E-state index contributed by atoms with van der Waals surface area (Å²) in [4.78, 5) is 61.5. The van der Waals surface area contributed by atoms with Crippen molar-refractivity contribution in [3.05, 3.63) is 76.5 Å². The van der Waals surface area contributed by atoms with E-state index in [4.69, 9.17) is 5.73 Å². The number of ketones is 3. The number of carbonyl (C=O) groups excluding carboxylic acids is 4. The molecule has 0 radical (unpaired) electrons. The van der Waals surface area contributed by atoms with Crippen LogP contribution in [0, 0.1) is 28.4 Å². The Bertz CT molecular complexity index is 1440. The zero-order chi connectivity index (χ0) is 24.2. The number of nitro benzene ring substituents is 1. The minimum absolute atomic E-state index is 0.0184. The number of nitriles is 1. The van der Waals surface area contributed by atoms with Crippen molar-refractivity contribution in [3.63, 3.8) is 0 Å². The van der Waals surface area contributed by atoms with Crippen molar-refractivity contribution in [2.75, 3.05) is 0 Å². The number of aromatic nitrogens is 1. The first-order chi connectivity index (χ1) is 15.6. The number of hydrogen-bond donors (Lipinski definition) is 1. The SMILES string of the molecule is CC(=O)c1c2c(n(-c3ccc([N+](=O)[O-])cc3)c1C)C(=O)C1=C(S/C(=C(\C#N)C(N)=O)S1)C2=O. The van der Waals surface area contributed by atoms with Gasteiger partial charge in [0.05, 0.1) is 30.1 Å². The molecular weight excluding hydrogens is 468 g/mol. The summed E-state index contributed by atoms with van der Waals surface area (Å²) in [6.07, 6.45) is 0. The normalized spacial score (nSPS) is 16.3. The Balaban J connectivity index is 1.94. The fraction of sp³-hybridized carbons (Fsp3) is 0.0952. The van der Waals surface area contributed by atoms with E-state index in [1.165, 1.54) is 35.8 Å². The van der Waals surface area contributed by atoms with Gasteiger partial charge in [-0.15, -0.1) is 0 Å². The molecule has 2 N–H and O–H groups in total. The second kappa shape index (κ2) is 7.88. The summed E-state index contributed by atoms with van der Waals surface area (Å²) in [6, 6.07) is 7.02. The number of nitrogens with two attached hydrogens (primary N) is 1. The van der Waals surface area contributed by atoms with Gasteiger partial charge in [-0.25, -0.2) is 0 Å². The third-order valence-corrected chi connectivity index (χ3v) is 7.69. The van der Waals surface area contributed by atoms with Gasteiger partial charge in [-0.05, 0) is 26.0 Å². The summed E-state index contributed by atoms with van der Waals surface area (Å²) >= 11 is 1.61. The number of rotatable bonds is 4. The van der Waals surface area contributed by atoms with E-state index in [0.29, 0.717) is 11.4 Å². The van der Waals surface area contributed by atoms with Crippen LogP contribution in [0.3, 0.4) is 0 Å². The summed E-state index contributed by atoms with van der Waals surface area (Å²) in [7, 11) is 0. The van der Waals surface area contributed by atoms with Crippen molar-refractivity contribution < 1.29 is 24.1 Å². The third-order valence-electron chi connectivity index (χ3n) is 5.09.